The van der Waals surface area contributed by atoms with Gasteiger partial charge in [-0.25, -0.2) is 10.2 Å². The standard InChI is InChI=1S/C19H23N3O3/c1-13(2)25-18-11-15(9-10-17(18)24-4)12-20-22-19(23)21-16-8-6-5-7-14(16)3/h5-13H,1-4H3,(H2,21,22,23)/b20-12-. The quantitative estimate of drug-likeness (QED) is 0.617. The second-order valence-electron chi connectivity index (χ2n) is 5.72. The number of methoxy groups -OCH3 is 1. The van der Waals surface area contributed by atoms with Gasteiger partial charge >= 0.3 is 6.03 Å². The third-order valence-electron chi connectivity index (χ3n) is 3.32. The van der Waals surface area contributed by atoms with Crippen LogP contribution in [-0.4, -0.2) is 25.5 Å². The van der Waals surface area contributed by atoms with Crippen molar-refractivity contribution in [3.63, 3.8) is 0 Å². The molecule has 2 rings (SSSR count). The van der Waals surface area contributed by atoms with Crippen LogP contribution in [0.1, 0.15) is 25.0 Å². The number of anilines is 1. The van der Waals surface area contributed by atoms with E-state index in [1.165, 1.54) is 0 Å². The summed E-state index contributed by atoms with van der Waals surface area (Å²) in [6, 6.07) is 12.6. The van der Waals surface area contributed by atoms with Crippen molar-refractivity contribution in [3.8, 4) is 11.5 Å². The van der Waals surface area contributed by atoms with E-state index < -0.39 is 6.03 Å². The lowest BCUT2D eigenvalue weighted by molar-refractivity contribution is 0.230. The molecule has 6 nitrogen and oxygen atoms in total. The molecule has 0 aromatic heterocycles. The Bertz CT molecular complexity index is 757. The van der Waals surface area contributed by atoms with Crippen LogP contribution in [0.3, 0.4) is 0 Å². The van der Waals surface area contributed by atoms with Gasteiger partial charge in [0.05, 0.1) is 19.4 Å². The summed E-state index contributed by atoms with van der Waals surface area (Å²) < 4.78 is 11.0. The normalized spacial score (nSPS) is 10.8. The van der Waals surface area contributed by atoms with E-state index in [1.54, 1.807) is 19.4 Å². The van der Waals surface area contributed by atoms with E-state index in [2.05, 4.69) is 15.8 Å². The van der Waals surface area contributed by atoms with Gasteiger partial charge in [-0.05, 0) is 56.2 Å². The molecule has 25 heavy (non-hydrogen) atoms. The van der Waals surface area contributed by atoms with Crippen LogP contribution in [-0.2, 0) is 0 Å². The summed E-state index contributed by atoms with van der Waals surface area (Å²) in [6.07, 6.45) is 1.57. The lowest BCUT2D eigenvalue weighted by Gasteiger charge is -2.13. The van der Waals surface area contributed by atoms with Crippen LogP contribution in [0.15, 0.2) is 47.6 Å². The molecule has 2 N–H and O–H groups in total. The molecule has 0 bridgehead atoms. The van der Waals surface area contributed by atoms with Crippen molar-refractivity contribution in [1.29, 1.82) is 0 Å². The van der Waals surface area contributed by atoms with Crippen LogP contribution in [0.2, 0.25) is 0 Å². The number of aryl methyl sites for hydroxylation is 1. The molecule has 6 heteroatoms. The Morgan fingerprint density at radius 2 is 1.92 bits per heavy atom. The minimum absolute atomic E-state index is 0.0269. The molecule has 2 amide bonds. The van der Waals surface area contributed by atoms with Gasteiger partial charge in [-0.1, -0.05) is 18.2 Å². The van der Waals surface area contributed by atoms with Gasteiger partial charge in [0, 0.05) is 5.69 Å². The van der Waals surface area contributed by atoms with Crippen molar-refractivity contribution in [2.75, 3.05) is 12.4 Å². The van der Waals surface area contributed by atoms with Crippen molar-refractivity contribution >= 4 is 17.9 Å². The predicted octanol–water partition coefficient (Wildman–Crippen LogP) is 3.95. The van der Waals surface area contributed by atoms with E-state index in [9.17, 15) is 4.79 Å². The lowest BCUT2D eigenvalue weighted by atomic mass is 10.2. The molecule has 0 aliphatic carbocycles. The second kappa shape index (κ2) is 8.73. The molecule has 0 atom stereocenters. The average molecular weight is 341 g/mol. The molecule has 0 aliphatic heterocycles. The highest BCUT2D eigenvalue weighted by Crippen LogP contribution is 2.28. The smallest absolute Gasteiger partial charge is 0.339 e. The highest BCUT2D eigenvalue weighted by molar-refractivity contribution is 5.91. The number of urea groups is 1. The number of nitrogens with zero attached hydrogens (tertiary/aromatic N) is 1. The summed E-state index contributed by atoms with van der Waals surface area (Å²) in [5, 5.41) is 6.70. The number of hydrogen-bond donors (Lipinski definition) is 2. The maximum absolute atomic E-state index is 11.9. The minimum atomic E-state index is -0.405. The summed E-state index contributed by atoms with van der Waals surface area (Å²) in [5.41, 5.74) is 4.95. The van der Waals surface area contributed by atoms with Crippen molar-refractivity contribution in [1.82, 2.24) is 5.43 Å². The van der Waals surface area contributed by atoms with Gasteiger partial charge in [0.1, 0.15) is 0 Å². The fourth-order valence-corrected chi connectivity index (χ4v) is 2.15. The van der Waals surface area contributed by atoms with Crippen LogP contribution in [0.5, 0.6) is 11.5 Å². The first-order valence-electron chi connectivity index (χ1n) is 8.00. The van der Waals surface area contributed by atoms with Crippen LogP contribution >= 0.6 is 0 Å². The van der Waals surface area contributed by atoms with E-state index in [0.717, 1.165) is 16.8 Å². The highest BCUT2D eigenvalue weighted by Gasteiger charge is 2.07. The average Bonchev–Trinajstić information content (AvgIpc) is 2.57. The zero-order valence-corrected chi connectivity index (χ0v) is 14.9. The lowest BCUT2D eigenvalue weighted by Crippen LogP contribution is -2.24. The first kappa shape index (κ1) is 18.3. The van der Waals surface area contributed by atoms with Crippen LogP contribution < -0.4 is 20.2 Å². The number of nitrogens with one attached hydrogen (secondary N) is 2. The largest absolute Gasteiger partial charge is 0.493 e. The first-order chi connectivity index (χ1) is 12.0. The molecule has 0 heterocycles. The topological polar surface area (TPSA) is 72.0 Å². The fraction of sp³-hybridized carbons (Fsp3) is 0.263. The number of ether oxygens (including phenoxy) is 2. The maximum atomic E-state index is 11.9. The Labute approximate surface area is 147 Å². The zero-order chi connectivity index (χ0) is 18.2. The Morgan fingerprint density at radius 3 is 2.60 bits per heavy atom. The SMILES string of the molecule is COc1ccc(/C=N\NC(=O)Nc2ccccc2C)cc1OC(C)C. The minimum Gasteiger partial charge on any atom is -0.493 e. The van der Waals surface area contributed by atoms with Gasteiger partial charge < -0.3 is 14.8 Å². The highest BCUT2D eigenvalue weighted by atomic mass is 16.5. The summed E-state index contributed by atoms with van der Waals surface area (Å²) in [7, 11) is 1.59. The zero-order valence-electron chi connectivity index (χ0n) is 14.9. The Kier molecular flexibility index (Phi) is 6.39. The molecule has 0 unspecified atom stereocenters. The van der Waals surface area contributed by atoms with Crippen molar-refractivity contribution in [2.24, 2.45) is 5.10 Å². The molecule has 0 radical (unpaired) electrons. The van der Waals surface area contributed by atoms with Gasteiger partial charge in [0.25, 0.3) is 0 Å². The first-order valence-corrected chi connectivity index (χ1v) is 8.00. The molecular formula is C19H23N3O3. The number of amides is 2. The molecule has 2 aromatic rings. The van der Waals surface area contributed by atoms with E-state index >= 15 is 0 Å². The molecule has 0 fully saturated rings. The Morgan fingerprint density at radius 1 is 1.16 bits per heavy atom. The predicted molar refractivity (Wildman–Crippen MR) is 99.7 cm³/mol. The van der Waals surface area contributed by atoms with E-state index in [1.807, 2.05) is 57.2 Å². The number of carbonyl (C=O) groups is 1. The molecular weight excluding hydrogens is 318 g/mol. The second-order valence-corrected chi connectivity index (χ2v) is 5.72. The van der Waals surface area contributed by atoms with Crippen molar-refractivity contribution in [2.45, 2.75) is 26.9 Å². The van der Waals surface area contributed by atoms with Gasteiger partial charge in [0.15, 0.2) is 11.5 Å². The Hall–Kier alpha value is -3.02. The van der Waals surface area contributed by atoms with E-state index in [0.29, 0.717) is 11.5 Å². The number of benzene rings is 2. The third kappa shape index (κ3) is 5.53. The van der Waals surface area contributed by atoms with Gasteiger partial charge in [-0.15, -0.1) is 0 Å². The summed E-state index contributed by atoms with van der Waals surface area (Å²) in [6.45, 7) is 5.81. The van der Waals surface area contributed by atoms with Crippen LogP contribution in [0.4, 0.5) is 10.5 Å². The third-order valence-corrected chi connectivity index (χ3v) is 3.32. The van der Waals surface area contributed by atoms with Gasteiger partial charge in [-0.3, -0.25) is 0 Å². The van der Waals surface area contributed by atoms with E-state index in [-0.39, 0.29) is 6.10 Å². The van der Waals surface area contributed by atoms with Crippen LogP contribution in [0, 0.1) is 6.92 Å². The molecule has 0 spiro atoms. The molecule has 0 saturated carbocycles. The number of hydrazone groups is 1. The number of rotatable bonds is 6. The summed E-state index contributed by atoms with van der Waals surface area (Å²) in [5.74, 6) is 1.28. The van der Waals surface area contributed by atoms with Crippen molar-refractivity contribution in [3.05, 3.63) is 53.6 Å². The summed E-state index contributed by atoms with van der Waals surface area (Å²) >= 11 is 0. The van der Waals surface area contributed by atoms with Gasteiger partial charge in [0.2, 0.25) is 0 Å². The summed E-state index contributed by atoms with van der Waals surface area (Å²) in [4.78, 5) is 11.9. The van der Waals surface area contributed by atoms with Crippen LogP contribution in [0.25, 0.3) is 0 Å². The molecule has 0 saturated heterocycles. The fourth-order valence-electron chi connectivity index (χ4n) is 2.15. The monoisotopic (exact) mass is 341 g/mol. The van der Waals surface area contributed by atoms with E-state index in [4.69, 9.17) is 9.47 Å². The van der Waals surface area contributed by atoms with Crippen molar-refractivity contribution < 1.29 is 14.3 Å². The number of carbonyl (C=O) groups excluding carboxylic acids is 1. The maximum Gasteiger partial charge on any atom is 0.339 e. The number of para-hydroxylation sites is 1. The Balaban J connectivity index is 1.99. The molecule has 0 aliphatic rings. The molecule has 132 valence electrons. The molecule has 2 aromatic carbocycles. The van der Waals surface area contributed by atoms with Gasteiger partial charge in [-0.2, -0.15) is 5.10 Å². The number of hydrogen-bond acceptors (Lipinski definition) is 4.